The van der Waals surface area contributed by atoms with Crippen LogP contribution in [0.1, 0.15) is 51.4 Å². The molecule has 0 aliphatic carbocycles. The van der Waals surface area contributed by atoms with E-state index in [1.165, 1.54) is 0 Å². The Morgan fingerprint density at radius 2 is 0.974 bits per heavy atom. The molecule has 2 aromatic rings. The van der Waals surface area contributed by atoms with Crippen LogP contribution in [0.3, 0.4) is 0 Å². The molecule has 9 heteroatoms. The van der Waals surface area contributed by atoms with Crippen LogP contribution in [0.25, 0.3) is 0 Å². The summed E-state index contributed by atoms with van der Waals surface area (Å²) in [6.45, 7) is 3.23. The number of hydrogen-bond acceptors (Lipinski definition) is 9. The van der Waals surface area contributed by atoms with Gasteiger partial charge in [-0.05, 0) is 99.2 Å². The van der Waals surface area contributed by atoms with Crippen LogP contribution >= 0.6 is 0 Å². The van der Waals surface area contributed by atoms with E-state index < -0.39 is 0 Å². The summed E-state index contributed by atoms with van der Waals surface area (Å²) >= 11 is 0. The predicted octanol–water partition coefficient (Wildman–Crippen LogP) is 6.26. The molecule has 0 aromatic heterocycles. The highest BCUT2D eigenvalue weighted by molar-refractivity contribution is 5.65. The Morgan fingerprint density at radius 3 is 1.36 bits per heavy atom. The first-order valence-corrected chi connectivity index (χ1v) is 14.3. The first kappa shape index (κ1) is 26.0. The van der Waals surface area contributed by atoms with Gasteiger partial charge in [0.2, 0.25) is 0 Å². The Hall–Kier alpha value is -3.24. The second-order valence-electron chi connectivity index (χ2n) is 10.3. The average Bonchev–Trinajstić information content (AvgIpc) is 3.61. The van der Waals surface area contributed by atoms with Crippen LogP contribution in [0.2, 0.25) is 0 Å². The van der Waals surface area contributed by atoms with Crippen molar-refractivity contribution in [3.05, 3.63) is 72.3 Å². The quantitative estimate of drug-likeness (QED) is 0.328. The third-order valence-electron chi connectivity index (χ3n) is 7.25. The Balaban J connectivity index is 0.985. The fraction of sp³-hybridized carbons (Fsp3) is 0.467. The molecule has 2 aromatic carbocycles. The zero-order valence-corrected chi connectivity index (χ0v) is 22.4. The molecule has 4 aliphatic heterocycles. The molecule has 0 radical (unpaired) electrons. The maximum absolute atomic E-state index is 6.08. The third kappa shape index (κ3) is 7.05. The van der Waals surface area contributed by atoms with E-state index in [1.54, 1.807) is 0 Å². The maximum Gasteiger partial charge on any atom is 0.183 e. The molecular formula is C30H39N5O4. The number of nitrogens with zero attached hydrogens (tertiary/aromatic N) is 2. The van der Waals surface area contributed by atoms with Gasteiger partial charge in [0.05, 0.1) is 13.1 Å². The minimum atomic E-state index is -0.145. The Morgan fingerprint density at radius 1 is 0.564 bits per heavy atom. The Kier molecular flexibility index (Phi) is 8.50. The van der Waals surface area contributed by atoms with E-state index in [0.29, 0.717) is 0 Å². The molecule has 2 unspecified atom stereocenters. The van der Waals surface area contributed by atoms with E-state index in [0.717, 1.165) is 112 Å². The van der Waals surface area contributed by atoms with Gasteiger partial charge in [-0.25, -0.2) is 19.8 Å². The second kappa shape index (κ2) is 12.7. The zero-order valence-electron chi connectivity index (χ0n) is 22.4. The van der Waals surface area contributed by atoms with Crippen molar-refractivity contribution >= 4 is 22.7 Å². The third-order valence-corrected chi connectivity index (χ3v) is 7.25. The lowest BCUT2D eigenvalue weighted by molar-refractivity contribution is -0.272. The number of hydrogen-bond donors (Lipinski definition) is 3. The highest BCUT2D eigenvalue weighted by Gasteiger charge is 2.24. The van der Waals surface area contributed by atoms with Crippen molar-refractivity contribution in [1.29, 1.82) is 0 Å². The van der Waals surface area contributed by atoms with E-state index in [9.17, 15) is 0 Å². The molecule has 4 aliphatic rings. The SMILES string of the molecule is C1=C(Nc2ccc(Nc3ccc(NC4=CCCN4OC4CCCCO4)cc3)cc2)N(OC2CCCCO2)CC1. The predicted molar refractivity (Wildman–Crippen MR) is 152 cm³/mol. The molecule has 208 valence electrons. The van der Waals surface area contributed by atoms with Gasteiger partial charge in [0.25, 0.3) is 0 Å². The first-order chi connectivity index (χ1) is 19.3. The standard InChI is InChI=1S/C30H39N5O4/c1-3-21-36-29(9-1)38-34-19-5-7-27(34)32-25-15-11-23(12-16-25)31-24-13-17-26(18-14-24)33-28-8-6-20-35(28)39-30-10-2-4-22-37-30/h7-8,11-18,29-33H,1-6,9-10,19-22H2. The highest BCUT2D eigenvalue weighted by Crippen LogP contribution is 2.27. The van der Waals surface area contributed by atoms with Crippen LogP contribution in [-0.4, -0.2) is 49.0 Å². The summed E-state index contributed by atoms with van der Waals surface area (Å²) in [6, 6.07) is 16.6. The fourth-order valence-electron chi connectivity index (χ4n) is 5.14. The smallest absolute Gasteiger partial charge is 0.183 e. The number of nitrogens with one attached hydrogen (secondary N) is 3. The minimum absolute atomic E-state index is 0.145. The molecule has 39 heavy (non-hydrogen) atoms. The molecule has 4 heterocycles. The second-order valence-corrected chi connectivity index (χ2v) is 10.3. The van der Waals surface area contributed by atoms with E-state index in [1.807, 2.05) is 10.1 Å². The van der Waals surface area contributed by atoms with Gasteiger partial charge < -0.3 is 25.4 Å². The van der Waals surface area contributed by atoms with Crippen molar-refractivity contribution in [2.24, 2.45) is 0 Å². The normalized spacial score (nSPS) is 23.4. The summed E-state index contributed by atoms with van der Waals surface area (Å²) in [4.78, 5) is 12.2. The largest absolute Gasteiger partial charge is 0.356 e. The zero-order chi connectivity index (χ0) is 26.3. The van der Waals surface area contributed by atoms with Crippen LogP contribution in [0.4, 0.5) is 22.7 Å². The van der Waals surface area contributed by atoms with Gasteiger partial charge in [0.1, 0.15) is 11.6 Å². The summed E-state index contributed by atoms with van der Waals surface area (Å²) in [5.74, 6) is 1.95. The van der Waals surface area contributed by atoms with Crippen molar-refractivity contribution < 1.29 is 19.1 Å². The van der Waals surface area contributed by atoms with Crippen LogP contribution in [-0.2, 0) is 19.1 Å². The van der Waals surface area contributed by atoms with Crippen molar-refractivity contribution in [2.45, 2.75) is 63.9 Å². The van der Waals surface area contributed by atoms with Gasteiger partial charge in [-0.2, -0.15) is 0 Å². The van der Waals surface area contributed by atoms with Gasteiger partial charge in [0, 0.05) is 48.8 Å². The first-order valence-electron chi connectivity index (χ1n) is 14.3. The number of ether oxygens (including phenoxy) is 2. The van der Waals surface area contributed by atoms with Crippen LogP contribution < -0.4 is 16.0 Å². The van der Waals surface area contributed by atoms with Crippen LogP contribution in [0.5, 0.6) is 0 Å². The molecule has 2 saturated heterocycles. The number of hydroxylamine groups is 4. The summed E-state index contributed by atoms with van der Waals surface area (Å²) in [7, 11) is 0. The van der Waals surface area contributed by atoms with Crippen molar-refractivity contribution in [3.63, 3.8) is 0 Å². The topological polar surface area (TPSA) is 79.5 Å². The van der Waals surface area contributed by atoms with E-state index in [-0.39, 0.29) is 12.6 Å². The van der Waals surface area contributed by atoms with Crippen molar-refractivity contribution in [3.8, 4) is 0 Å². The van der Waals surface area contributed by atoms with Gasteiger partial charge >= 0.3 is 0 Å². The maximum atomic E-state index is 6.08. The highest BCUT2D eigenvalue weighted by atomic mass is 16.8. The van der Waals surface area contributed by atoms with Crippen molar-refractivity contribution in [2.75, 3.05) is 42.3 Å². The minimum Gasteiger partial charge on any atom is -0.356 e. The van der Waals surface area contributed by atoms with E-state index in [2.05, 4.69) is 76.6 Å². The van der Waals surface area contributed by atoms with E-state index in [4.69, 9.17) is 19.1 Å². The van der Waals surface area contributed by atoms with E-state index >= 15 is 0 Å². The summed E-state index contributed by atoms with van der Waals surface area (Å²) in [5, 5.41) is 14.3. The molecule has 0 bridgehead atoms. The molecule has 9 nitrogen and oxygen atoms in total. The summed E-state index contributed by atoms with van der Waals surface area (Å²) in [6.07, 6.45) is 12.4. The lowest BCUT2D eigenvalue weighted by Crippen LogP contribution is -2.33. The van der Waals surface area contributed by atoms with Gasteiger partial charge in [-0.1, -0.05) is 0 Å². The molecular weight excluding hydrogens is 494 g/mol. The number of benzene rings is 2. The van der Waals surface area contributed by atoms with Crippen LogP contribution in [0.15, 0.2) is 72.3 Å². The molecule has 0 saturated carbocycles. The van der Waals surface area contributed by atoms with Crippen LogP contribution in [0, 0.1) is 0 Å². The monoisotopic (exact) mass is 533 g/mol. The number of anilines is 4. The van der Waals surface area contributed by atoms with Gasteiger partial charge in [0.15, 0.2) is 12.6 Å². The molecule has 2 fully saturated rings. The molecule has 2 atom stereocenters. The lowest BCUT2D eigenvalue weighted by atomic mass is 10.2. The summed E-state index contributed by atoms with van der Waals surface area (Å²) < 4.78 is 11.5. The van der Waals surface area contributed by atoms with Gasteiger partial charge in [-0.3, -0.25) is 0 Å². The average molecular weight is 534 g/mol. The molecule has 0 spiro atoms. The summed E-state index contributed by atoms with van der Waals surface area (Å²) in [5.41, 5.74) is 4.08. The van der Waals surface area contributed by atoms with Gasteiger partial charge in [-0.15, -0.1) is 0 Å². The number of rotatable bonds is 10. The molecule has 0 amide bonds. The lowest BCUT2D eigenvalue weighted by Gasteiger charge is -2.29. The van der Waals surface area contributed by atoms with Crippen molar-refractivity contribution in [1.82, 2.24) is 10.1 Å². The molecule has 3 N–H and O–H groups in total. The fourth-order valence-corrected chi connectivity index (χ4v) is 5.14. The Bertz CT molecular complexity index is 1040. The Labute approximate surface area is 230 Å². The molecule has 6 rings (SSSR count).